The summed E-state index contributed by atoms with van der Waals surface area (Å²) in [7, 11) is 0. The molecular formula is C10H13NaO3. The molecule has 72 valence electrons. The second-order valence-corrected chi connectivity index (χ2v) is 2.54. The van der Waals surface area contributed by atoms with Gasteiger partial charge in [0.25, 0.3) is 0 Å². The minimum atomic E-state index is -0.382. The first-order valence-corrected chi connectivity index (χ1v) is 4.15. The molecule has 0 fully saturated rings. The Kier molecular flexibility index (Phi) is 6.83. The van der Waals surface area contributed by atoms with E-state index in [1.165, 1.54) is 0 Å². The van der Waals surface area contributed by atoms with Crippen LogP contribution in [0.25, 0.3) is 0 Å². The molecule has 1 N–H and O–H groups in total. The molecule has 14 heavy (non-hydrogen) atoms. The average Bonchev–Trinajstić information content (AvgIpc) is 2.18. The van der Waals surface area contributed by atoms with Crippen LogP contribution in [0.4, 0.5) is 0 Å². The number of hydrogen-bond acceptors (Lipinski definition) is 3. The van der Waals surface area contributed by atoms with Crippen molar-refractivity contribution in [1.29, 1.82) is 0 Å². The number of carbonyl (C=O) groups excluding carboxylic acids is 1. The van der Waals surface area contributed by atoms with Gasteiger partial charge in [0.2, 0.25) is 0 Å². The summed E-state index contributed by atoms with van der Waals surface area (Å²) in [5.41, 5.74) is 1.04. The van der Waals surface area contributed by atoms with E-state index in [4.69, 9.17) is 9.84 Å². The van der Waals surface area contributed by atoms with Gasteiger partial charge in [-0.25, -0.2) is 4.79 Å². The molecule has 0 radical (unpaired) electrons. The topological polar surface area (TPSA) is 46.5 Å². The first-order valence-electron chi connectivity index (χ1n) is 4.15. The van der Waals surface area contributed by atoms with Crippen LogP contribution >= 0.6 is 0 Å². The van der Waals surface area contributed by atoms with E-state index in [9.17, 15) is 4.79 Å². The van der Waals surface area contributed by atoms with Gasteiger partial charge < -0.3 is 11.3 Å². The van der Waals surface area contributed by atoms with Crippen molar-refractivity contribution in [2.75, 3.05) is 6.61 Å². The Morgan fingerprint density at radius 3 is 2.71 bits per heavy atom. The zero-order valence-electron chi connectivity index (χ0n) is 9.49. The molecule has 0 atom stereocenters. The van der Waals surface area contributed by atoms with Gasteiger partial charge in [0.05, 0.1) is 18.8 Å². The van der Waals surface area contributed by atoms with Crippen LogP contribution in [0.3, 0.4) is 0 Å². The minimum absolute atomic E-state index is 0. The van der Waals surface area contributed by atoms with Gasteiger partial charge in [-0.1, -0.05) is 18.2 Å². The number of ether oxygens (including phenoxy) is 1. The molecule has 0 amide bonds. The largest absolute Gasteiger partial charge is 1.00 e. The van der Waals surface area contributed by atoms with E-state index in [2.05, 4.69) is 0 Å². The van der Waals surface area contributed by atoms with Crippen LogP contribution in [0.1, 0.15) is 24.3 Å². The summed E-state index contributed by atoms with van der Waals surface area (Å²) in [6.45, 7) is 1.95. The van der Waals surface area contributed by atoms with Gasteiger partial charge >= 0.3 is 35.5 Å². The van der Waals surface area contributed by atoms with Gasteiger partial charge in [-0.05, 0) is 18.6 Å². The second-order valence-electron chi connectivity index (χ2n) is 2.54. The molecule has 3 nitrogen and oxygen atoms in total. The maximum absolute atomic E-state index is 11.3. The Morgan fingerprint density at radius 2 is 2.14 bits per heavy atom. The van der Waals surface area contributed by atoms with Crippen LogP contribution in [-0.2, 0) is 11.3 Å². The minimum Gasteiger partial charge on any atom is -1.00 e. The van der Waals surface area contributed by atoms with E-state index < -0.39 is 0 Å². The zero-order valence-corrected chi connectivity index (χ0v) is 10.5. The number of rotatable bonds is 3. The van der Waals surface area contributed by atoms with Crippen LogP contribution < -0.4 is 29.6 Å². The van der Waals surface area contributed by atoms with E-state index in [0.29, 0.717) is 17.7 Å². The molecule has 0 aliphatic carbocycles. The molecule has 1 aromatic rings. The molecule has 0 aliphatic rings. The van der Waals surface area contributed by atoms with Crippen molar-refractivity contribution in [3.8, 4) is 0 Å². The fraction of sp³-hybridized carbons (Fsp3) is 0.300. The number of esters is 1. The smallest absolute Gasteiger partial charge is 1.00 e. The first-order chi connectivity index (χ1) is 6.29. The molecule has 4 heteroatoms. The van der Waals surface area contributed by atoms with Gasteiger partial charge in [0.15, 0.2) is 0 Å². The predicted octanol–water partition coefficient (Wildman–Crippen LogP) is -1.53. The molecule has 0 aromatic heterocycles. The van der Waals surface area contributed by atoms with Crippen LogP contribution in [0, 0.1) is 0 Å². The average molecular weight is 204 g/mol. The number of carbonyl (C=O) groups is 1. The maximum atomic E-state index is 11.3. The number of hydrogen-bond donors (Lipinski definition) is 1. The molecular weight excluding hydrogens is 191 g/mol. The molecule has 0 spiro atoms. The zero-order chi connectivity index (χ0) is 9.68. The Hall–Kier alpha value is -0.350. The van der Waals surface area contributed by atoms with E-state index in [-0.39, 0.29) is 43.6 Å². The number of aliphatic hydroxyl groups excluding tert-OH is 1. The Labute approximate surface area is 107 Å². The maximum Gasteiger partial charge on any atom is 1.00 e. The third-order valence-corrected chi connectivity index (χ3v) is 1.68. The summed E-state index contributed by atoms with van der Waals surface area (Å²) in [4.78, 5) is 11.3. The van der Waals surface area contributed by atoms with Gasteiger partial charge in [0, 0.05) is 0 Å². The number of aliphatic hydroxyl groups is 1. The van der Waals surface area contributed by atoms with Crippen molar-refractivity contribution >= 4 is 5.97 Å². The molecule has 1 aromatic carbocycles. The van der Waals surface area contributed by atoms with Crippen molar-refractivity contribution in [3.05, 3.63) is 35.4 Å². The monoisotopic (exact) mass is 204 g/mol. The van der Waals surface area contributed by atoms with Gasteiger partial charge in [-0.15, -0.1) is 0 Å². The van der Waals surface area contributed by atoms with Crippen LogP contribution in [0.5, 0.6) is 0 Å². The molecule has 1 rings (SSSR count). The summed E-state index contributed by atoms with van der Waals surface area (Å²) < 4.78 is 4.82. The predicted molar refractivity (Wildman–Crippen MR) is 49.4 cm³/mol. The van der Waals surface area contributed by atoms with E-state index in [1.54, 1.807) is 31.2 Å². The molecule has 0 unspecified atom stereocenters. The third-order valence-electron chi connectivity index (χ3n) is 1.68. The Bertz CT molecular complexity index is 304. The van der Waals surface area contributed by atoms with E-state index in [1.807, 2.05) is 0 Å². The summed E-state index contributed by atoms with van der Waals surface area (Å²) in [5, 5.41) is 8.93. The fourth-order valence-electron chi connectivity index (χ4n) is 1.07. The third kappa shape index (κ3) is 3.42. The SMILES string of the molecule is CCOC(=O)c1ccccc1CO.[H-].[Na+]. The molecule has 0 saturated heterocycles. The summed E-state index contributed by atoms with van der Waals surface area (Å²) >= 11 is 0. The molecule has 0 saturated carbocycles. The van der Waals surface area contributed by atoms with Crippen molar-refractivity contribution in [1.82, 2.24) is 0 Å². The van der Waals surface area contributed by atoms with Crippen molar-refractivity contribution in [2.45, 2.75) is 13.5 Å². The summed E-state index contributed by atoms with van der Waals surface area (Å²) in [5.74, 6) is -0.382. The van der Waals surface area contributed by atoms with Gasteiger partial charge in [-0.2, -0.15) is 0 Å². The van der Waals surface area contributed by atoms with E-state index >= 15 is 0 Å². The first kappa shape index (κ1) is 13.7. The summed E-state index contributed by atoms with van der Waals surface area (Å²) in [6.07, 6.45) is 0. The van der Waals surface area contributed by atoms with Crippen molar-refractivity contribution in [3.63, 3.8) is 0 Å². The number of benzene rings is 1. The normalized spacial score (nSPS) is 9.00. The quantitative estimate of drug-likeness (QED) is 0.480. The van der Waals surface area contributed by atoms with Crippen LogP contribution in [0.2, 0.25) is 0 Å². The van der Waals surface area contributed by atoms with Crippen molar-refractivity contribution < 1.29 is 45.6 Å². The Balaban J connectivity index is 0. The Morgan fingerprint density at radius 1 is 1.50 bits per heavy atom. The standard InChI is InChI=1S/C10H12O3.Na.H/c1-2-13-10(12)9-6-4-3-5-8(9)7-11;;/h3-6,11H,2,7H2,1H3;;/q;+1;-1. The van der Waals surface area contributed by atoms with Crippen LogP contribution in [0.15, 0.2) is 24.3 Å². The summed E-state index contributed by atoms with van der Waals surface area (Å²) in [6, 6.07) is 6.86. The molecule has 0 bridgehead atoms. The molecule has 0 aliphatic heterocycles. The second kappa shape index (κ2) is 7.01. The van der Waals surface area contributed by atoms with E-state index in [0.717, 1.165) is 0 Å². The van der Waals surface area contributed by atoms with Crippen LogP contribution in [-0.4, -0.2) is 17.7 Å². The van der Waals surface area contributed by atoms with Gasteiger partial charge in [0.1, 0.15) is 0 Å². The van der Waals surface area contributed by atoms with Crippen molar-refractivity contribution in [2.24, 2.45) is 0 Å². The van der Waals surface area contributed by atoms with Gasteiger partial charge in [-0.3, -0.25) is 0 Å². The fourth-order valence-corrected chi connectivity index (χ4v) is 1.07. The molecule has 0 heterocycles.